The predicted molar refractivity (Wildman–Crippen MR) is 54.0 cm³/mol. The van der Waals surface area contributed by atoms with Crippen LogP contribution < -0.4 is 4.74 Å². The molecule has 0 spiro atoms. The molecule has 0 saturated carbocycles. The van der Waals surface area contributed by atoms with E-state index in [9.17, 15) is 9.59 Å². The van der Waals surface area contributed by atoms with Gasteiger partial charge in [0.15, 0.2) is 6.29 Å². The van der Waals surface area contributed by atoms with Crippen LogP contribution >= 0.6 is 11.6 Å². The lowest BCUT2D eigenvalue weighted by atomic mass is 10.1. The van der Waals surface area contributed by atoms with Gasteiger partial charge in [0.2, 0.25) is 0 Å². The molecule has 0 aliphatic carbocycles. The Morgan fingerprint density at radius 3 is 2.60 bits per heavy atom. The van der Waals surface area contributed by atoms with Gasteiger partial charge in [0.05, 0.1) is 0 Å². The van der Waals surface area contributed by atoms with Crippen molar-refractivity contribution in [2.45, 2.75) is 6.10 Å². The highest BCUT2D eigenvalue weighted by Crippen LogP contribution is 2.25. The first-order valence-electron chi connectivity index (χ1n) is 4.10. The normalized spacial score (nSPS) is 11.9. The van der Waals surface area contributed by atoms with Gasteiger partial charge in [-0.2, -0.15) is 0 Å². The first kappa shape index (κ1) is 11.7. The van der Waals surface area contributed by atoms with Crippen molar-refractivity contribution in [1.82, 2.24) is 0 Å². The lowest BCUT2D eigenvalue weighted by molar-refractivity contribution is -0.120. The maximum atomic E-state index is 10.6. The molecule has 4 nitrogen and oxygen atoms in total. The van der Waals surface area contributed by atoms with E-state index >= 15 is 0 Å². The number of carbonyl (C=O) groups is 2. The van der Waals surface area contributed by atoms with Gasteiger partial charge in [-0.15, -0.1) is 0 Å². The van der Waals surface area contributed by atoms with Gasteiger partial charge in [0, 0.05) is 12.1 Å². The second-order valence-electron chi connectivity index (χ2n) is 2.73. The summed E-state index contributed by atoms with van der Waals surface area (Å²) in [4.78, 5) is 20.8. The van der Waals surface area contributed by atoms with Crippen LogP contribution in [0, 0.1) is 0 Å². The highest BCUT2D eigenvalue weighted by atomic mass is 35.5. The SMILES string of the molecule is COC(C=O)c1cc(Cl)cc(OC=O)c1. The number of halogens is 1. The van der Waals surface area contributed by atoms with Crippen molar-refractivity contribution in [3.05, 3.63) is 28.8 Å². The summed E-state index contributed by atoms with van der Waals surface area (Å²) in [7, 11) is 1.40. The number of benzene rings is 1. The number of hydrogen-bond acceptors (Lipinski definition) is 4. The van der Waals surface area contributed by atoms with Gasteiger partial charge in [-0.25, -0.2) is 0 Å². The second kappa shape index (κ2) is 5.48. The maximum absolute atomic E-state index is 10.6. The third-order valence-corrected chi connectivity index (χ3v) is 2.00. The molecule has 1 unspecified atom stereocenters. The minimum Gasteiger partial charge on any atom is -0.429 e. The monoisotopic (exact) mass is 228 g/mol. The van der Waals surface area contributed by atoms with E-state index in [1.807, 2.05) is 0 Å². The van der Waals surface area contributed by atoms with Gasteiger partial charge in [0.25, 0.3) is 6.47 Å². The molecule has 0 amide bonds. The van der Waals surface area contributed by atoms with Crippen molar-refractivity contribution in [3.63, 3.8) is 0 Å². The summed E-state index contributed by atoms with van der Waals surface area (Å²) in [5.74, 6) is 0.274. The van der Waals surface area contributed by atoms with E-state index in [0.717, 1.165) is 0 Å². The van der Waals surface area contributed by atoms with Crippen LogP contribution in [-0.4, -0.2) is 19.9 Å². The van der Waals surface area contributed by atoms with E-state index in [0.29, 0.717) is 16.9 Å². The maximum Gasteiger partial charge on any atom is 0.298 e. The molecule has 0 heterocycles. The Bertz CT molecular complexity index is 364. The smallest absolute Gasteiger partial charge is 0.298 e. The van der Waals surface area contributed by atoms with Crippen LogP contribution in [0.15, 0.2) is 18.2 Å². The zero-order chi connectivity index (χ0) is 11.3. The van der Waals surface area contributed by atoms with Crippen LogP contribution in [-0.2, 0) is 14.3 Å². The molecule has 1 aromatic carbocycles. The number of ether oxygens (including phenoxy) is 2. The Morgan fingerprint density at radius 1 is 1.33 bits per heavy atom. The summed E-state index contributed by atoms with van der Waals surface area (Å²) in [6, 6.07) is 4.56. The van der Waals surface area contributed by atoms with Crippen LogP contribution in [0.3, 0.4) is 0 Å². The molecular weight excluding hydrogens is 220 g/mol. The lowest BCUT2D eigenvalue weighted by Gasteiger charge is -2.10. The number of aldehydes is 1. The van der Waals surface area contributed by atoms with Crippen molar-refractivity contribution in [3.8, 4) is 5.75 Å². The fraction of sp³-hybridized carbons (Fsp3) is 0.200. The second-order valence-corrected chi connectivity index (χ2v) is 3.16. The number of hydrogen-bond donors (Lipinski definition) is 0. The van der Waals surface area contributed by atoms with Crippen LogP contribution in [0.1, 0.15) is 11.7 Å². The molecule has 80 valence electrons. The molecule has 0 aromatic heterocycles. The molecule has 5 heteroatoms. The molecule has 0 radical (unpaired) electrons. The average Bonchev–Trinajstić information content (AvgIpc) is 2.19. The summed E-state index contributed by atoms with van der Waals surface area (Å²) < 4.78 is 9.53. The average molecular weight is 229 g/mol. The van der Waals surface area contributed by atoms with Crippen LogP contribution in [0.25, 0.3) is 0 Å². The van der Waals surface area contributed by atoms with E-state index < -0.39 is 6.10 Å². The molecule has 0 N–H and O–H groups in total. The van der Waals surface area contributed by atoms with Crippen molar-refractivity contribution in [2.75, 3.05) is 7.11 Å². The lowest BCUT2D eigenvalue weighted by Crippen LogP contribution is -2.03. The van der Waals surface area contributed by atoms with E-state index in [2.05, 4.69) is 4.74 Å². The van der Waals surface area contributed by atoms with Crippen LogP contribution in [0.4, 0.5) is 0 Å². The van der Waals surface area contributed by atoms with Crippen LogP contribution in [0.5, 0.6) is 5.75 Å². The summed E-state index contributed by atoms with van der Waals surface area (Å²) in [6.07, 6.45) is -0.0752. The summed E-state index contributed by atoms with van der Waals surface area (Å²) in [5.41, 5.74) is 0.539. The van der Waals surface area contributed by atoms with Gasteiger partial charge < -0.3 is 14.3 Å². The Balaban J connectivity index is 3.06. The third-order valence-electron chi connectivity index (χ3n) is 1.78. The van der Waals surface area contributed by atoms with Crippen molar-refractivity contribution in [1.29, 1.82) is 0 Å². The summed E-state index contributed by atoms with van der Waals surface area (Å²) in [6.45, 7) is 0.290. The molecule has 0 saturated heterocycles. The highest BCUT2D eigenvalue weighted by molar-refractivity contribution is 6.30. The van der Waals surface area contributed by atoms with Crippen molar-refractivity contribution < 1.29 is 19.1 Å². The predicted octanol–water partition coefficient (Wildman–Crippen LogP) is 1.76. The number of carbonyl (C=O) groups excluding carboxylic acids is 2. The van der Waals surface area contributed by atoms with E-state index in [-0.39, 0.29) is 12.2 Å². The summed E-state index contributed by atoms with van der Waals surface area (Å²) in [5, 5.41) is 0.369. The first-order chi connectivity index (χ1) is 7.21. The number of methoxy groups -OCH3 is 1. The number of rotatable bonds is 5. The molecule has 1 atom stereocenters. The third kappa shape index (κ3) is 3.04. The Morgan fingerprint density at radius 2 is 2.07 bits per heavy atom. The van der Waals surface area contributed by atoms with Gasteiger partial charge in [-0.3, -0.25) is 4.79 Å². The topological polar surface area (TPSA) is 52.6 Å². The molecule has 1 rings (SSSR count). The Hall–Kier alpha value is -1.39. The molecule has 0 bridgehead atoms. The molecule has 0 aliphatic heterocycles. The fourth-order valence-electron chi connectivity index (χ4n) is 1.14. The van der Waals surface area contributed by atoms with Gasteiger partial charge in [-0.05, 0) is 23.8 Å². The molecule has 0 aliphatic rings. The quantitative estimate of drug-likeness (QED) is 0.721. The molecular formula is C10H9ClO4. The van der Waals surface area contributed by atoms with E-state index in [1.54, 1.807) is 6.07 Å². The standard InChI is InChI=1S/C10H9ClO4/c1-14-10(5-12)7-2-8(11)4-9(3-7)15-6-13/h2-6,10H,1H3. The zero-order valence-corrected chi connectivity index (χ0v) is 8.73. The largest absolute Gasteiger partial charge is 0.429 e. The molecule has 0 fully saturated rings. The van der Waals surface area contributed by atoms with Crippen molar-refractivity contribution >= 4 is 24.4 Å². The van der Waals surface area contributed by atoms with Gasteiger partial charge in [0.1, 0.15) is 11.9 Å². The molecule has 15 heavy (non-hydrogen) atoms. The molecule has 1 aromatic rings. The van der Waals surface area contributed by atoms with Gasteiger partial charge >= 0.3 is 0 Å². The van der Waals surface area contributed by atoms with Crippen molar-refractivity contribution in [2.24, 2.45) is 0 Å². The zero-order valence-electron chi connectivity index (χ0n) is 7.98. The van der Waals surface area contributed by atoms with E-state index in [4.69, 9.17) is 16.3 Å². The Kier molecular flexibility index (Phi) is 4.27. The first-order valence-corrected chi connectivity index (χ1v) is 4.48. The Labute approximate surface area is 91.7 Å². The highest BCUT2D eigenvalue weighted by Gasteiger charge is 2.11. The summed E-state index contributed by atoms with van der Waals surface area (Å²) >= 11 is 5.78. The van der Waals surface area contributed by atoms with Crippen LogP contribution in [0.2, 0.25) is 5.02 Å². The minimum atomic E-state index is -0.710. The van der Waals surface area contributed by atoms with Gasteiger partial charge in [-0.1, -0.05) is 11.6 Å². The fourth-order valence-corrected chi connectivity index (χ4v) is 1.38. The van der Waals surface area contributed by atoms with E-state index in [1.165, 1.54) is 19.2 Å². The minimum absolute atomic E-state index is 0.274.